The van der Waals surface area contributed by atoms with Gasteiger partial charge in [0.15, 0.2) is 0 Å². The molecule has 0 spiro atoms. The van der Waals surface area contributed by atoms with Crippen molar-refractivity contribution in [3.05, 3.63) is 17.5 Å². The molecule has 108 valence electrons. The van der Waals surface area contributed by atoms with Crippen LogP contribution in [0.1, 0.15) is 42.2 Å². The molecule has 0 saturated heterocycles. The predicted molar refractivity (Wildman–Crippen MR) is 70.6 cm³/mol. The fraction of sp³-hybridized carbons (Fsp3) is 0.538. The Bertz CT molecular complexity index is 540. The Morgan fingerprint density at radius 3 is 2.65 bits per heavy atom. The second kappa shape index (κ2) is 5.44. The van der Waals surface area contributed by atoms with Gasteiger partial charge in [0.05, 0.1) is 17.9 Å². The molecule has 0 unspecified atom stereocenters. The predicted octanol–water partition coefficient (Wildman–Crippen LogP) is 1.38. The molecular formula is C13H17N3O4. The minimum Gasteiger partial charge on any atom is -0.480 e. The summed E-state index contributed by atoms with van der Waals surface area (Å²) in [5.41, 5.74) is -0.228. The molecule has 1 aliphatic rings. The van der Waals surface area contributed by atoms with Gasteiger partial charge in [-0.25, -0.2) is 19.6 Å². The maximum absolute atomic E-state index is 11.6. The van der Waals surface area contributed by atoms with Crippen LogP contribution < -0.4 is 5.32 Å². The zero-order chi connectivity index (χ0) is 14.8. The number of hydrogen-bond donors (Lipinski definition) is 2. The average molecular weight is 279 g/mol. The number of aromatic nitrogens is 2. The van der Waals surface area contributed by atoms with E-state index >= 15 is 0 Å². The molecule has 0 radical (unpaired) electrons. The number of carbonyl (C=O) groups is 2. The number of carboxylic acids is 1. The van der Waals surface area contributed by atoms with Gasteiger partial charge in [0.25, 0.3) is 0 Å². The lowest BCUT2D eigenvalue weighted by molar-refractivity contribution is -0.145. The van der Waals surface area contributed by atoms with Gasteiger partial charge in [0.1, 0.15) is 5.54 Å². The lowest BCUT2D eigenvalue weighted by atomic mass is 9.77. The molecule has 7 heteroatoms. The fourth-order valence-corrected chi connectivity index (χ4v) is 2.07. The van der Waals surface area contributed by atoms with E-state index in [4.69, 9.17) is 4.74 Å². The topological polar surface area (TPSA) is 101 Å². The van der Waals surface area contributed by atoms with Crippen molar-refractivity contribution in [1.29, 1.82) is 0 Å². The van der Waals surface area contributed by atoms with E-state index < -0.39 is 17.5 Å². The van der Waals surface area contributed by atoms with Crippen molar-refractivity contribution < 1.29 is 19.4 Å². The van der Waals surface area contributed by atoms with Crippen LogP contribution in [-0.2, 0) is 9.53 Å². The maximum atomic E-state index is 11.6. The highest BCUT2D eigenvalue weighted by Gasteiger charge is 2.45. The molecule has 0 aliphatic heterocycles. The SMILES string of the molecule is CCOC(=O)c1cnc(NC2(C(=O)O)CCC2)nc1C. The van der Waals surface area contributed by atoms with Gasteiger partial charge < -0.3 is 15.2 Å². The first-order valence-electron chi connectivity index (χ1n) is 6.51. The molecule has 7 nitrogen and oxygen atoms in total. The first-order chi connectivity index (χ1) is 9.48. The third-order valence-corrected chi connectivity index (χ3v) is 3.44. The van der Waals surface area contributed by atoms with Crippen LogP contribution in [0.4, 0.5) is 5.95 Å². The molecule has 2 rings (SSSR count). The van der Waals surface area contributed by atoms with E-state index in [9.17, 15) is 14.7 Å². The monoisotopic (exact) mass is 279 g/mol. The van der Waals surface area contributed by atoms with Gasteiger partial charge in [-0.3, -0.25) is 0 Å². The number of carboxylic acid groups (broad SMARTS) is 1. The second-order valence-corrected chi connectivity index (χ2v) is 4.78. The molecule has 1 aromatic rings. The lowest BCUT2D eigenvalue weighted by Crippen LogP contribution is -2.52. The number of anilines is 1. The third kappa shape index (κ3) is 2.56. The van der Waals surface area contributed by atoms with Gasteiger partial charge in [-0.2, -0.15) is 0 Å². The van der Waals surface area contributed by atoms with Crippen LogP contribution in [0.25, 0.3) is 0 Å². The number of esters is 1. The summed E-state index contributed by atoms with van der Waals surface area (Å²) in [5.74, 6) is -1.16. The van der Waals surface area contributed by atoms with Gasteiger partial charge in [-0.15, -0.1) is 0 Å². The van der Waals surface area contributed by atoms with Gasteiger partial charge >= 0.3 is 11.9 Å². The normalized spacial score (nSPS) is 16.1. The number of ether oxygens (including phenoxy) is 1. The molecule has 1 aliphatic carbocycles. The van der Waals surface area contributed by atoms with Crippen molar-refractivity contribution in [2.75, 3.05) is 11.9 Å². The number of aryl methyl sites for hydroxylation is 1. The Morgan fingerprint density at radius 2 is 2.20 bits per heavy atom. The number of aliphatic carboxylic acids is 1. The van der Waals surface area contributed by atoms with Crippen LogP contribution in [0.5, 0.6) is 0 Å². The smallest absolute Gasteiger partial charge is 0.341 e. The summed E-state index contributed by atoms with van der Waals surface area (Å²) in [6.07, 6.45) is 3.31. The van der Waals surface area contributed by atoms with E-state index in [1.807, 2.05) is 0 Å². The van der Waals surface area contributed by atoms with Crippen LogP contribution >= 0.6 is 0 Å². The first-order valence-corrected chi connectivity index (χ1v) is 6.51. The van der Waals surface area contributed by atoms with Gasteiger partial charge in [-0.05, 0) is 33.1 Å². The van der Waals surface area contributed by atoms with Gasteiger partial charge in [-0.1, -0.05) is 0 Å². The Labute approximate surface area is 116 Å². The molecular weight excluding hydrogens is 262 g/mol. The molecule has 1 heterocycles. The molecule has 2 N–H and O–H groups in total. The van der Waals surface area contributed by atoms with Crippen LogP contribution in [0, 0.1) is 6.92 Å². The van der Waals surface area contributed by atoms with E-state index in [1.54, 1.807) is 13.8 Å². The summed E-state index contributed by atoms with van der Waals surface area (Å²) in [6.45, 7) is 3.66. The Hall–Kier alpha value is -2.18. The van der Waals surface area contributed by atoms with Crippen molar-refractivity contribution >= 4 is 17.9 Å². The fourth-order valence-electron chi connectivity index (χ4n) is 2.07. The lowest BCUT2D eigenvalue weighted by Gasteiger charge is -2.38. The third-order valence-electron chi connectivity index (χ3n) is 3.44. The zero-order valence-corrected chi connectivity index (χ0v) is 11.5. The van der Waals surface area contributed by atoms with Crippen molar-refractivity contribution in [3.63, 3.8) is 0 Å². The Morgan fingerprint density at radius 1 is 1.50 bits per heavy atom. The number of nitrogens with zero attached hydrogens (tertiary/aromatic N) is 2. The van der Waals surface area contributed by atoms with Crippen molar-refractivity contribution in [2.24, 2.45) is 0 Å². The van der Waals surface area contributed by atoms with Crippen LogP contribution in [-0.4, -0.2) is 39.2 Å². The summed E-state index contributed by atoms with van der Waals surface area (Å²) in [4.78, 5) is 31.0. The van der Waals surface area contributed by atoms with E-state index in [0.717, 1.165) is 6.42 Å². The highest BCUT2D eigenvalue weighted by atomic mass is 16.5. The first kappa shape index (κ1) is 14.2. The average Bonchev–Trinajstić information content (AvgIpc) is 2.33. The van der Waals surface area contributed by atoms with Crippen LogP contribution in [0.15, 0.2) is 6.20 Å². The van der Waals surface area contributed by atoms with Crippen molar-refractivity contribution in [2.45, 2.75) is 38.6 Å². The second-order valence-electron chi connectivity index (χ2n) is 4.78. The van der Waals surface area contributed by atoms with Crippen LogP contribution in [0.2, 0.25) is 0 Å². The standard InChI is InChI=1S/C13H17N3O4/c1-3-20-10(17)9-7-14-12(15-8(9)2)16-13(11(18)19)5-4-6-13/h7H,3-6H2,1-2H3,(H,18,19)(H,14,15,16). The minimum absolute atomic E-state index is 0.220. The Kier molecular flexibility index (Phi) is 3.87. The van der Waals surface area contributed by atoms with E-state index in [1.165, 1.54) is 6.20 Å². The van der Waals surface area contributed by atoms with Crippen molar-refractivity contribution in [3.8, 4) is 0 Å². The molecule has 20 heavy (non-hydrogen) atoms. The molecule has 0 amide bonds. The molecule has 0 aromatic carbocycles. The molecule has 1 saturated carbocycles. The summed E-state index contributed by atoms with van der Waals surface area (Å²) in [5, 5.41) is 12.1. The van der Waals surface area contributed by atoms with Crippen molar-refractivity contribution in [1.82, 2.24) is 9.97 Å². The highest BCUT2D eigenvalue weighted by molar-refractivity contribution is 5.90. The summed E-state index contributed by atoms with van der Waals surface area (Å²) < 4.78 is 4.89. The maximum Gasteiger partial charge on any atom is 0.341 e. The van der Waals surface area contributed by atoms with E-state index in [-0.39, 0.29) is 18.1 Å². The molecule has 1 aromatic heterocycles. The van der Waals surface area contributed by atoms with Gasteiger partial charge in [0, 0.05) is 6.20 Å². The number of hydrogen-bond acceptors (Lipinski definition) is 6. The van der Waals surface area contributed by atoms with E-state index in [2.05, 4.69) is 15.3 Å². The quantitative estimate of drug-likeness (QED) is 0.785. The van der Waals surface area contributed by atoms with Gasteiger partial charge in [0.2, 0.25) is 5.95 Å². The summed E-state index contributed by atoms with van der Waals surface area (Å²) in [7, 11) is 0. The summed E-state index contributed by atoms with van der Waals surface area (Å²) in [6, 6.07) is 0. The largest absolute Gasteiger partial charge is 0.480 e. The number of carbonyl (C=O) groups excluding carboxylic acids is 1. The highest BCUT2D eigenvalue weighted by Crippen LogP contribution is 2.34. The minimum atomic E-state index is -0.974. The summed E-state index contributed by atoms with van der Waals surface area (Å²) >= 11 is 0. The molecule has 0 bridgehead atoms. The number of rotatable bonds is 5. The van der Waals surface area contributed by atoms with E-state index in [0.29, 0.717) is 18.5 Å². The molecule has 0 atom stereocenters. The molecule has 1 fully saturated rings. The van der Waals surface area contributed by atoms with Crippen LogP contribution in [0.3, 0.4) is 0 Å². The number of nitrogens with one attached hydrogen (secondary N) is 1. The zero-order valence-electron chi connectivity index (χ0n) is 11.5. The Balaban J connectivity index is 2.17.